The Labute approximate surface area is 73.2 Å². The van der Waals surface area contributed by atoms with Crippen LogP contribution in [0.3, 0.4) is 0 Å². The van der Waals surface area contributed by atoms with Gasteiger partial charge in [-0.25, -0.2) is 0 Å². The summed E-state index contributed by atoms with van der Waals surface area (Å²) in [5.41, 5.74) is 1.36. The summed E-state index contributed by atoms with van der Waals surface area (Å²) < 4.78 is 0. The van der Waals surface area contributed by atoms with Crippen molar-refractivity contribution in [2.75, 3.05) is 0 Å². The van der Waals surface area contributed by atoms with Gasteiger partial charge in [0, 0.05) is 12.8 Å². The van der Waals surface area contributed by atoms with Crippen LogP contribution >= 0.6 is 0 Å². The molecule has 12 heavy (non-hydrogen) atoms. The first-order valence-electron chi connectivity index (χ1n) is 4.66. The highest BCUT2D eigenvalue weighted by atomic mass is 16.1. The largest absolute Gasteiger partial charge is 0.299 e. The second kappa shape index (κ2) is 2.89. The van der Waals surface area contributed by atoms with E-state index in [9.17, 15) is 4.79 Å². The van der Waals surface area contributed by atoms with Crippen LogP contribution in [0.1, 0.15) is 26.2 Å². The molecule has 0 saturated heterocycles. The molecule has 2 aliphatic rings. The van der Waals surface area contributed by atoms with Crippen LogP contribution in [0.4, 0.5) is 0 Å². The smallest absolute Gasteiger partial charge is 0.136 e. The van der Waals surface area contributed by atoms with Gasteiger partial charge in [-0.05, 0) is 18.3 Å². The third kappa shape index (κ3) is 1.24. The first kappa shape index (κ1) is 7.78. The maximum atomic E-state index is 11.2. The van der Waals surface area contributed by atoms with Crippen LogP contribution in [0.25, 0.3) is 0 Å². The molecular weight excluding hydrogens is 148 g/mol. The van der Waals surface area contributed by atoms with E-state index >= 15 is 0 Å². The minimum absolute atomic E-state index is 0.417. The van der Waals surface area contributed by atoms with Gasteiger partial charge in [0.05, 0.1) is 0 Å². The number of carbonyl (C=O) groups excluding carboxylic acids is 1. The molecule has 2 unspecified atom stereocenters. The molecule has 2 aliphatic carbocycles. The lowest BCUT2D eigenvalue weighted by molar-refractivity contribution is -0.119. The first-order chi connectivity index (χ1) is 5.77. The molecule has 1 saturated carbocycles. The Morgan fingerprint density at radius 2 is 2.33 bits per heavy atom. The summed E-state index contributed by atoms with van der Waals surface area (Å²) in [6.07, 6.45) is 9.02. The fraction of sp³-hybridized carbons (Fsp3) is 0.545. The van der Waals surface area contributed by atoms with E-state index in [1.165, 1.54) is 5.57 Å². The Balaban J connectivity index is 2.21. The maximum Gasteiger partial charge on any atom is 0.136 e. The van der Waals surface area contributed by atoms with Crippen LogP contribution in [0.2, 0.25) is 0 Å². The van der Waals surface area contributed by atoms with Gasteiger partial charge in [0.2, 0.25) is 0 Å². The van der Waals surface area contributed by atoms with Crippen molar-refractivity contribution < 1.29 is 4.79 Å². The Hall–Kier alpha value is -0.850. The highest BCUT2D eigenvalue weighted by Crippen LogP contribution is 2.35. The maximum absolute atomic E-state index is 11.2. The molecule has 0 aromatic carbocycles. The number of carbonyl (C=O) groups is 1. The highest BCUT2D eigenvalue weighted by Gasteiger charge is 2.27. The van der Waals surface area contributed by atoms with Crippen LogP contribution in [0, 0.1) is 11.8 Å². The van der Waals surface area contributed by atoms with Crippen molar-refractivity contribution in [3.05, 3.63) is 23.8 Å². The van der Waals surface area contributed by atoms with Crippen molar-refractivity contribution >= 4 is 5.78 Å². The van der Waals surface area contributed by atoms with Gasteiger partial charge in [-0.2, -0.15) is 0 Å². The molecule has 2 rings (SSSR count). The van der Waals surface area contributed by atoms with Gasteiger partial charge in [-0.1, -0.05) is 30.7 Å². The van der Waals surface area contributed by atoms with Gasteiger partial charge in [-0.15, -0.1) is 0 Å². The summed E-state index contributed by atoms with van der Waals surface area (Å²) in [4.78, 5) is 11.2. The summed E-state index contributed by atoms with van der Waals surface area (Å²) in [5, 5.41) is 0. The van der Waals surface area contributed by atoms with Crippen molar-refractivity contribution in [3.8, 4) is 0 Å². The molecule has 2 atom stereocenters. The first-order valence-corrected chi connectivity index (χ1v) is 4.66. The summed E-state index contributed by atoms with van der Waals surface area (Å²) in [5.74, 6) is 1.71. The molecule has 0 spiro atoms. The summed E-state index contributed by atoms with van der Waals surface area (Å²) in [7, 11) is 0. The molecule has 0 aromatic rings. The van der Waals surface area contributed by atoms with Gasteiger partial charge in [0.25, 0.3) is 0 Å². The Bertz CT molecular complexity index is 260. The van der Waals surface area contributed by atoms with E-state index in [-0.39, 0.29) is 0 Å². The minimum Gasteiger partial charge on any atom is -0.299 e. The summed E-state index contributed by atoms with van der Waals surface area (Å²) in [6.45, 7) is 2.24. The second-order valence-electron chi connectivity index (χ2n) is 3.85. The lowest BCUT2D eigenvalue weighted by Gasteiger charge is -2.30. The predicted molar refractivity (Wildman–Crippen MR) is 48.7 cm³/mol. The molecule has 0 aromatic heterocycles. The van der Waals surface area contributed by atoms with E-state index < -0.39 is 0 Å². The lowest BCUT2D eigenvalue weighted by atomic mass is 9.74. The molecular formula is C11H14O. The van der Waals surface area contributed by atoms with Gasteiger partial charge < -0.3 is 0 Å². The number of ketones is 1. The number of Topliss-reactive ketones (excluding diaryl/α,β-unsaturated/α-hetero) is 1. The molecule has 0 bridgehead atoms. The average Bonchev–Trinajstić information content (AvgIpc) is 2.04. The van der Waals surface area contributed by atoms with Crippen molar-refractivity contribution in [1.82, 2.24) is 0 Å². The Morgan fingerprint density at radius 3 is 3.17 bits per heavy atom. The third-order valence-electron chi connectivity index (χ3n) is 2.97. The van der Waals surface area contributed by atoms with Crippen LogP contribution < -0.4 is 0 Å². The van der Waals surface area contributed by atoms with E-state index in [1.54, 1.807) is 0 Å². The topological polar surface area (TPSA) is 17.1 Å². The van der Waals surface area contributed by atoms with Gasteiger partial charge in [-0.3, -0.25) is 4.79 Å². The number of hydrogen-bond donors (Lipinski definition) is 0. The molecule has 0 heterocycles. The van der Waals surface area contributed by atoms with Crippen LogP contribution in [0.5, 0.6) is 0 Å². The van der Waals surface area contributed by atoms with Gasteiger partial charge >= 0.3 is 0 Å². The van der Waals surface area contributed by atoms with E-state index in [4.69, 9.17) is 0 Å². The summed E-state index contributed by atoms with van der Waals surface area (Å²) >= 11 is 0. The quantitative estimate of drug-likeness (QED) is 0.535. The van der Waals surface area contributed by atoms with Gasteiger partial charge in [0.1, 0.15) is 5.78 Å². The monoisotopic (exact) mass is 162 g/mol. The standard InChI is InChI=1S/C11H14O/c1-8-3-2-4-9-7-10(12)5-6-11(8)9/h2-4,8,11H,5-7H2,1H3. The molecule has 1 fully saturated rings. The SMILES string of the molecule is CC1C=CC=C2CC(=O)CCC21. The zero-order valence-corrected chi connectivity index (χ0v) is 7.42. The zero-order chi connectivity index (χ0) is 8.55. The molecule has 0 aliphatic heterocycles. The minimum atomic E-state index is 0.417. The highest BCUT2D eigenvalue weighted by molar-refractivity contribution is 5.82. The number of hydrogen-bond acceptors (Lipinski definition) is 1. The number of allylic oxidation sites excluding steroid dienone is 4. The van der Waals surface area contributed by atoms with Gasteiger partial charge in [0.15, 0.2) is 0 Å². The van der Waals surface area contributed by atoms with E-state index in [0.717, 1.165) is 12.8 Å². The zero-order valence-electron chi connectivity index (χ0n) is 7.42. The van der Waals surface area contributed by atoms with E-state index in [1.807, 2.05) is 0 Å². The van der Waals surface area contributed by atoms with Crippen molar-refractivity contribution in [3.63, 3.8) is 0 Å². The molecule has 64 valence electrons. The van der Waals surface area contributed by atoms with Crippen molar-refractivity contribution in [1.29, 1.82) is 0 Å². The predicted octanol–water partition coefficient (Wildman–Crippen LogP) is 2.49. The molecule has 0 N–H and O–H groups in total. The molecule has 1 nitrogen and oxygen atoms in total. The van der Waals surface area contributed by atoms with Crippen LogP contribution in [-0.2, 0) is 4.79 Å². The molecule has 1 heteroatoms. The lowest BCUT2D eigenvalue weighted by Crippen LogP contribution is -2.23. The van der Waals surface area contributed by atoms with Crippen LogP contribution in [-0.4, -0.2) is 5.78 Å². The summed E-state index contributed by atoms with van der Waals surface area (Å²) in [6, 6.07) is 0. The number of fused-ring (bicyclic) bond motifs is 1. The second-order valence-corrected chi connectivity index (χ2v) is 3.85. The molecule has 0 amide bonds. The third-order valence-corrected chi connectivity index (χ3v) is 2.97. The van der Waals surface area contributed by atoms with E-state index in [2.05, 4.69) is 25.2 Å². The Morgan fingerprint density at radius 1 is 1.50 bits per heavy atom. The fourth-order valence-corrected chi connectivity index (χ4v) is 2.22. The number of rotatable bonds is 0. The van der Waals surface area contributed by atoms with Crippen LogP contribution in [0.15, 0.2) is 23.8 Å². The normalized spacial score (nSPS) is 34.4. The van der Waals surface area contributed by atoms with Crippen molar-refractivity contribution in [2.24, 2.45) is 11.8 Å². The molecule has 0 radical (unpaired) electrons. The Kier molecular flexibility index (Phi) is 1.87. The van der Waals surface area contributed by atoms with E-state index in [0.29, 0.717) is 24.0 Å². The average molecular weight is 162 g/mol. The van der Waals surface area contributed by atoms with Crippen molar-refractivity contribution in [2.45, 2.75) is 26.2 Å². The fourth-order valence-electron chi connectivity index (χ4n) is 2.22.